The van der Waals surface area contributed by atoms with Gasteiger partial charge in [0.15, 0.2) is 17.2 Å². The summed E-state index contributed by atoms with van der Waals surface area (Å²) >= 11 is 6.85. The number of fused-ring (bicyclic) bond motifs is 2. The lowest BCUT2D eigenvalue weighted by molar-refractivity contribution is 0.0317. The largest absolute Gasteiger partial charge is 0.462 e. The number of rotatable bonds is 6. The lowest BCUT2D eigenvalue weighted by atomic mass is 9.95. The molecule has 0 amide bonds. The highest BCUT2D eigenvalue weighted by Gasteiger charge is 2.29. The summed E-state index contributed by atoms with van der Waals surface area (Å²) in [4.78, 5) is 13.8. The van der Waals surface area contributed by atoms with Crippen LogP contribution >= 0.6 is 11.6 Å². The number of nitrogen functional groups attached to an aromatic ring is 1. The van der Waals surface area contributed by atoms with Crippen molar-refractivity contribution in [3.63, 3.8) is 0 Å². The van der Waals surface area contributed by atoms with Gasteiger partial charge in [-0.3, -0.25) is 4.90 Å². The molecule has 6 rings (SSSR count). The average Bonchev–Trinajstić information content (AvgIpc) is 3.32. The molecule has 10 nitrogen and oxygen atoms in total. The second-order valence-corrected chi connectivity index (χ2v) is 11.0. The molecule has 12 heteroatoms. The SMILES string of the molecule is Cc1ccc2onc(N)c2c1-c1c(Cl)cc2c(N3C[C@@H](C)NC[C@@H]3C)nc(OCCN3CCOCC3)nc2c1F. The Kier molecular flexibility index (Phi) is 7.39. The molecule has 0 spiro atoms. The first kappa shape index (κ1) is 26.9. The summed E-state index contributed by atoms with van der Waals surface area (Å²) in [5.74, 6) is 0.193. The van der Waals surface area contributed by atoms with Crippen molar-refractivity contribution in [3.05, 3.63) is 34.6 Å². The maximum Gasteiger partial charge on any atom is 0.319 e. The molecule has 0 aliphatic carbocycles. The van der Waals surface area contributed by atoms with E-state index in [1.54, 1.807) is 12.1 Å². The minimum atomic E-state index is -0.573. The Bertz CT molecular complexity index is 1560. The van der Waals surface area contributed by atoms with Gasteiger partial charge in [0, 0.05) is 61.3 Å². The predicted molar refractivity (Wildman–Crippen MR) is 154 cm³/mol. The molecule has 2 aliphatic heterocycles. The van der Waals surface area contributed by atoms with E-state index >= 15 is 4.39 Å². The number of morpholine rings is 1. The van der Waals surface area contributed by atoms with Crippen LogP contribution in [0.1, 0.15) is 19.4 Å². The van der Waals surface area contributed by atoms with Crippen molar-refractivity contribution in [2.75, 3.05) is 63.2 Å². The number of ether oxygens (including phenoxy) is 2. The second-order valence-electron chi connectivity index (χ2n) is 10.6. The lowest BCUT2D eigenvalue weighted by Gasteiger charge is -2.39. The first-order valence-electron chi connectivity index (χ1n) is 13.6. The first-order valence-corrected chi connectivity index (χ1v) is 14.0. The maximum atomic E-state index is 16.7. The van der Waals surface area contributed by atoms with Crippen molar-refractivity contribution in [1.29, 1.82) is 0 Å². The lowest BCUT2D eigenvalue weighted by Crippen LogP contribution is -2.54. The Morgan fingerprint density at radius 2 is 2.00 bits per heavy atom. The summed E-state index contributed by atoms with van der Waals surface area (Å²) in [6, 6.07) is 5.80. The Hall–Kier alpha value is -3.25. The first-order chi connectivity index (χ1) is 19.3. The standard InChI is InChI=1S/C28H33ClFN7O3/c1-15-4-5-20-23(26(31)35-40-20)21(15)22-19(29)12-18-25(24(22)30)33-28(39-11-8-36-6-9-38-10-7-36)34-27(18)37-14-16(2)32-13-17(37)3/h4-5,12,16-17,32H,6-11,13-14H2,1-3H3,(H2,31,35)/t16-,17+/m1/s1. The summed E-state index contributed by atoms with van der Waals surface area (Å²) in [6.45, 7) is 11.7. The van der Waals surface area contributed by atoms with Crippen LogP contribution in [0.25, 0.3) is 33.0 Å². The van der Waals surface area contributed by atoms with Gasteiger partial charge in [-0.15, -0.1) is 0 Å². The van der Waals surface area contributed by atoms with Gasteiger partial charge in [-0.1, -0.05) is 22.8 Å². The zero-order valence-corrected chi connectivity index (χ0v) is 23.6. The van der Waals surface area contributed by atoms with Gasteiger partial charge in [0.2, 0.25) is 0 Å². The molecule has 212 valence electrons. The molecule has 2 aromatic carbocycles. The number of hydrogen-bond donors (Lipinski definition) is 2. The van der Waals surface area contributed by atoms with Crippen molar-refractivity contribution in [2.24, 2.45) is 0 Å². The van der Waals surface area contributed by atoms with Crippen molar-refractivity contribution in [2.45, 2.75) is 32.9 Å². The van der Waals surface area contributed by atoms with Crippen LogP contribution in [0, 0.1) is 12.7 Å². The fraction of sp³-hybridized carbons (Fsp3) is 0.464. The fourth-order valence-corrected chi connectivity index (χ4v) is 5.85. The molecule has 0 radical (unpaired) electrons. The van der Waals surface area contributed by atoms with E-state index in [2.05, 4.69) is 39.1 Å². The number of nitrogens with one attached hydrogen (secondary N) is 1. The Morgan fingerprint density at radius 1 is 1.20 bits per heavy atom. The van der Waals surface area contributed by atoms with Crippen LogP contribution < -0.4 is 20.7 Å². The third-order valence-corrected chi connectivity index (χ3v) is 8.04. The number of aryl methyl sites for hydroxylation is 1. The number of nitrogens with two attached hydrogens (primary N) is 1. The Morgan fingerprint density at radius 3 is 2.80 bits per heavy atom. The normalized spacial score (nSPS) is 20.5. The van der Waals surface area contributed by atoms with Gasteiger partial charge in [0.25, 0.3) is 0 Å². The van der Waals surface area contributed by atoms with E-state index in [0.29, 0.717) is 60.6 Å². The summed E-state index contributed by atoms with van der Waals surface area (Å²) in [6.07, 6.45) is 0. The second kappa shape index (κ2) is 11.0. The van der Waals surface area contributed by atoms with Crippen LogP contribution in [-0.2, 0) is 4.74 Å². The number of hydrogen-bond acceptors (Lipinski definition) is 10. The summed E-state index contributed by atoms with van der Waals surface area (Å²) < 4.78 is 33.5. The zero-order valence-electron chi connectivity index (χ0n) is 22.8. The fourth-order valence-electron chi connectivity index (χ4n) is 5.56. The van der Waals surface area contributed by atoms with Gasteiger partial charge in [-0.2, -0.15) is 9.97 Å². The number of anilines is 2. The molecule has 2 fully saturated rings. The van der Waals surface area contributed by atoms with Gasteiger partial charge < -0.3 is 29.9 Å². The number of piperazine rings is 1. The highest BCUT2D eigenvalue weighted by atomic mass is 35.5. The summed E-state index contributed by atoms with van der Waals surface area (Å²) in [5.41, 5.74) is 8.23. The van der Waals surface area contributed by atoms with Gasteiger partial charge in [0.1, 0.15) is 17.9 Å². The molecule has 2 aliphatic rings. The molecule has 40 heavy (non-hydrogen) atoms. The molecular weight excluding hydrogens is 537 g/mol. The third-order valence-electron chi connectivity index (χ3n) is 7.75. The zero-order chi connectivity index (χ0) is 28.0. The van der Waals surface area contributed by atoms with Crippen molar-refractivity contribution in [1.82, 2.24) is 25.3 Å². The number of nitrogens with zero attached hydrogens (tertiary/aromatic N) is 5. The quantitative estimate of drug-likeness (QED) is 0.353. The minimum Gasteiger partial charge on any atom is -0.462 e. The number of aromatic nitrogens is 3. The molecule has 2 atom stereocenters. The highest BCUT2D eigenvalue weighted by molar-refractivity contribution is 6.35. The monoisotopic (exact) mass is 569 g/mol. The van der Waals surface area contributed by atoms with E-state index in [0.717, 1.165) is 25.2 Å². The van der Waals surface area contributed by atoms with Crippen molar-refractivity contribution < 1.29 is 18.4 Å². The van der Waals surface area contributed by atoms with Gasteiger partial charge in [-0.25, -0.2) is 4.39 Å². The number of halogens is 2. The van der Waals surface area contributed by atoms with E-state index < -0.39 is 5.82 Å². The molecule has 4 aromatic rings. The van der Waals surface area contributed by atoms with Crippen molar-refractivity contribution in [3.8, 4) is 17.1 Å². The van der Waals surface area contributed by atoms with E-state index in [1.165, 1.54) is 0 Å². The van der Waals surface area contributed by atoms with Crippen molar-refractivity contribution >= 4 is 45.1 Å². The summed E-state index contributed by atoms with van der Waals surface area (Å²) in [5, 5.41) is 8.64. The van der Waals surface area contributed by atoms with E-state index in [-0.39, 0.29) is 40.0 Å². The van der Waals surface area contributed by atoms with Crippen LogP contribution in [0.5, 0.6) is 6.01 Å². The molecule has 2 saturated heterocycles. The molecule has 0 bridgehead atoms. The van der Waals surface area contributed by atoms with E-state index in [4.69, 9.17) is 36.3 Å². The molecule has 4 heterocycles. The van der Waals surface area contributed by atoms with Crippen LogP contribution in [0.4, 0.5) is 16.0 Å². The molecule has 0 saturated carbocycles. The molecule has 2 aromatic heterocycles. The van der Waals surface area contributed by atoms with Gasteiger partial charge in [-0.05, 0) is 38.5 Å². The third kappa shape index (κ3) is 4.91. The maximum absolute atomic E-state index is 16.7. The highest BCUT2D eigenvalue weighted by Crippen LogP contribution is 2.44. The smallest absolute Gasteiger partial charge is 0.319 e. The topological polar surface area (TPSA) is 115 Å². The van der Waals surface area contributed by atoms with Crippen LogP contribution in [0.2, 0.25) is 5.02 Å². The molecule has 0 unspecified atom stereocenters. The molecule has 3 N–H and O–H groups in total. The predicted octanol–water partition coefficient (Wildman–Crippen LogP) is 4.02. The van der Waals surface area contributed by atoms with Crippen LogP contribution in [0.3, 0.4) is 0 Å². The molecular formula is C28H33ClFN7O3. The Labute approximate surface area is 236 Å². The van der Waals surface area contributed by atoms with E-state index in [1.807, 2.05) is 13.0 Å². The van der Waals surface area contributed by atoms with Gasteiger partial charge in [0.05, 0.1) is 23.6 Å². The van der Waals surface area contributed by atoms with Crippen LogP contribution in [0.15, 0.2) is 22.7 Å². The average molecular weight is 570 g/mol. The van der Waals surface area contributed by atoms with Gasteiger partial charge >= 0.3 is 6.01 Å². The van der Waals surface area contributed by atoms with E-state index in [9.17, 15) is 0 Å². The summed E-state index contributed by atoms with van der Waals surface area (Å²) in [7, 11) is 0. The number of benzene rings is 2. The van der Waals surface area contributed by atoms with Crippen LogP contribution in [-0.4, -0.2) is 84.7 Å². The Balaban J connectivity index is 1.49. The minimum absolute atomic E-state index is 0.116.